The fraction of sp³-hybridized carbons (Fsp3) is 0.318. The van der Waals surface area contributed by atoms with Crippen molar-refractivity contribution in [2.45, 2.75) is 19.8 Å². The van der Waals surface area contributed by atoms with Gasteiger partial charge in [0.15, 0.2) is 0 Å². The highest BCUT2D eigenvalue weighted by atomic mass is 16.5. The van der Waals surface area contributed by atoms with Crippen molar-refractivity contribution in [3.05, 3.63) is 60.2 Å². The summed E-state index contributed by atoms with van der Waals surface area (Å²) in [7, 11) is 1.56. The normalized spacial score (nSPS) is 10.1. The van der Waals surface area contributed by atoms with Crippen molar-refractivity contribution in [3.8, 4) is 5.75 Å². The molecule has 0 saturated carbocycles. The van der Waals surface area contributed by atoms with Gasteiger partial charge in [-0.3, -0.25) is 14.4 Å². The number of amides is 3. The number of nitrogens with one attached hydrogen (secondary N) is 2. The molecule has 0 heterocycles. The summed E-state index contributed by atoms with van der Waals surface area (Å²) in [5.74, 6) is -0.239. The summed E-state index contributed by atoms with van der Waals surface area (Å²) < 4.78 is 5.07. The van der Waals surface area contributed by atoms with E-state index in [9.17, 15) is 14.4 Å². The van der Waals surface area contributed by atoms with Crippen molar-refractivity contribution >= 4 is 23.4 Å². The Balaban J connectivity index is 1.86. The van der Waals surface area contributed by atoms with Crippen molar-refractivity contribution in [1.82, 2.24) is 10.2 Å². The van der Waals surface area contributed by atoms with Gasteiger partial charge in [-0.1, -0.05) is 31.5 Å². The molecule has 7 nitrogen and oxygen atoms in total. The number of rotatable bonds is 10. The van der Waals surface area contributed by atoms with Crippen LogP contribution in [-0.2, 0) is 9.59 Å². The molecule has 0 aliphatic heterocycles. The molecule has 0 saturated heterocycles. The van der Waals surface area contributed by atoms with Gasteiger partial charge in [0.25, 0.3) is 5.91 Å². The first kappa shape index (κ1) is 21.9. The van der Waals surface area contributed by atoms with Crippen LogP contribution in [0.5, 0.6) is 5.75 Å². The Bertz CT molecular complexity index is 807. The van der Waals surface area contributed by atoms with E-state index < -0.39 is 0 Å². The average molecular weight is 397 g/mol. The molecule has 29 heavy (non-hydrogen) atoms. The van der Waals surface area contributed by atoms with Crippen LogP contribution in [-0.4, -0.2) is 49.4 Å². The molecule has 2 rings (SSSR count). The van der Waals surface area contributed by atoms with Crippen LogP contribution in [0.15, 0.2) is 54.6 Å². The van der Waals surface area contributed by atoms with Crippen LogP contribution in [0.2, 0.25) is 0 Å². The van der Waals surface area contributed by atoms with E-state index in [0.29, 0.717) is 23.5 Å². The number of ether oxygens (including phenoxy) is 1. The minimum Gasteiger partial charge on any atom is -0.497 e. The summed E-state index contributed by atoms with van der Waals surface area (Å²) in [5, 5.41) is 5.26. The summed E-state index contributed by atoms with van der Waals surface area (Å²) in [5.41, 5.74) is 1.14. The quantitative estimate of drug-likeness (QED) is 0.645. The highest BCUT2D eigenvalue weighted by Crippen LogP contribution is 2.14. The minimum atomic E-state index is -0.379. The molecule has 2 aromatic carbocycles. The van der Waals surface area contributed by atoms with Crippen molar-refractivity contribution in [2.75, 3.05) is 32.1 Å². The van der Waals surface area contributed by atoms with Gasteiger partial charge in [-0.05, 0) is 42.8 Å². The molecule has 2 aromatic rings. The van der Waals surface area contributed by atoms with Gasteiger partial charge in [0.05, 0.1) is 20.2 Å². The second-order valence-electron chi connectivity index (χ2n) is 6.50. The monoisotopic (exact) mass is 397 g/mol. The molecule has 0 aliphatic rings. The number of hydrogen-bond donors (Lipinski definition) is 2. The van der Waals surface area contributed by atoms with Crippen LogP contribution in [0.4, 0.5) is 5.69 Å². The maximum absolute atomic E-state index is 12.7. The van der Waals surface area contributed by atoms with E-state index >= 15 is 0 Å². The summed E-state index contributed by atoms with van der Waals surface area (Å²) in [6.07, 6.45) is 1.70. The molecule has 0 atom stereocenters. The number of methoxy groups -OCH3 is 1. The number of carbonyl (C=O) groups is 3. The zero-order valence-corrected chi connectivity index (χ0v) is 16.8. The van der Waals surface area contributed by atoms with Gasteiger partial charge in [0.1, 0.15) is 5.75 Å². The number of benzene rings is 2. The third kappa shape index (κ3) is 7.29. The molecular weight excluding hydrogens is 370 g/mol. The van der Waals surface area contributed by atoms with Gasteiger partial charge < -0.3 is 20.3 Å². The van der Waals surface area contributed by atoms with E-state index in [2.05, 4.69) is 10.6 Å². The van der Waals surface area contributed by atoms with Crippen LogP contribution in [0.1, 0.15) is 30.1 Å². The van der Waals surface area contributed by atoms with Crippen molar-refractivity contribution in [3.63, 3.8) is 0 Å². The van der Waals surface area contributed by atoms with Crippen LogP contribution in [0, 0.1) is 0 Å². The van der Waals surface area contributed by atoms with Gasteiger partial charge in [0, 0.05) is 17.8 Å². The molecule has 3 amide bonds. The standard InChI is InChI=1S/C22H27N3O4/c1-3-4-14-25(22(28)17-8-6-5-7-9-17)16-21(27)23-15-20(26)24-18-10-12-19(29-2)13-11-18/h5-13H,3-4,14-16H2,1-2H3,(H,23,27)(H,24,26). The Morgan fingerprint density at radius 1 is 0.966 bits per heavy atom. The number of unbranched alkanes of at least 4 members (excludes halogenated alkanes) is 1. The Hall–Kier alpha value is -3.35. The molecule has 0 aromatic heterocycles. The number of anilines is 1. The SMILES string of the molecule is CCCCN(CC(=O)NCC(=O)Nc1ccc(OC)cc1)C(=O)c1ccccc1. The van der Waals surface area contributed by atoms with Crippen molar-refractivity contribution in [1.29, 1.82) is 0 Å². The van der Waals surface area contributed by atoms with Crippen molar-refractivity contribution < 1.29 is 19.1 Å². The topological polar surface area (TPSA) is 87.7 Å². The molecule has 7 heteroatoms. The minimum absolute atomic E-state index is 0.0937. The molecule has 0 spiro atoms. The molecule has 0 fully saturated rings. The predicted octanol–water partition coefficient (Wildman–Crippen LogP) is 2.69. The molecule has 0 bridgehead atoms. The van der Waals surface area contributed by atoms with Gasteiger partial charge in [-0.15, -0.1) is 0 Å². The lowest BCUT2D eigenvalue weighted by atomic mass is 10.2. The lowest BCUT2D eigenvalue weighted by Crippen LogP contribution is -2.43. The summed E-state index contributed by atoms with van der Waals surface area (Å²) in [6.45, 7) is 2.24. The largest absolute Gasteiger partial charge is 0.497 e. The van der Waals surface area contributed by atoms with E-state index in [-0.39, 0.29) is 30.8 Å². The van der Waals surface area contributed by atoms with Gasteiger partial charge >= 0.3 is 0 Å². The zero-order chi connectivity index (χ0) is 21.1. The lowest BCUT2D eigenvalue weighted by molar-refractivity contribution is -0.124. The van der Waals surface area contributed by atoms with Crippen LogP contribution >= 0.6 is 0 Å². The van der Waals surface area contributed by atoms with E-state index in [1.807, 2.05) is 13.0 Å². The first-order valence-corrected chi connectivity index (χ1v) is 9.58. The molecule has 0 aliphatic carbocycles. The highest BCUT2D eigenvalue weighted by molar-refractivity contribution is 5.98. The molecule has 0 radical (unpaired) electrons. The lowest BCUT2D eigenvalue weighted by Gasteiger charge is -2.22. The van der Waals surface area contributed by atoms with E-state index in [1.165, 1.54) is 4.90 Å². The summed E-state index contributed by atoms with van der Waals surface area (Å²) >= 11 is 0. The summed E-state index contributed by atoms with van der Waals surface area (Å²) in [4.78, 5) is 38.5. The fourth-order valence-electron chi connectivity index (χ4n) is 2.65. The Kier molecular flexibility index (Phi) is 8.69. The third-order valence-corrected chi connectivity index (χ3v) is 4.24. The number of hydrogen-bond acceptors (Lipinski definition) is 4. The fourth-order valence-corrected chi connectivity index (χ4v) is 2.65. The molecule has 2 N–H and O–H groups in total. The number of carbonyl (C=O) groups excluding carboxylic acids is 3. The molecule has 0 unspecified atom stereocenters. The zero-order valence-electron chi connectivity index (χ0n) is 16.8. The maximum atomic E-state index is 12.7. The second kappa shape index (κ2) is 11.5. The average Bonchev–Trinajstić information content (AvgIpc) is 2.76. The van der Waals surface area contributed by atoms with E-state index in [0.717, 1.165) is 12.8 Å². The highest BCUT2D eigenvalue weighted by Gasteiger charge is 2.18. The van der Waals surface area contributed by atoms with Gasteiger partial charge in [-0.25, -0.2) is 0 Å². The van der Waals surface area contributed by atoms with Gasteiger partial charge in [-0.2, -0.15) is 0 Å². The molecular formula is C22H27N3O4. The second-order valence-corrected chi connectivity index (χ2v) is 6.50. The van der Waals surface area contributed by atoms with E-state index in [1.54, 1.807) is 55.6 Å². The Morgan fingerprint density at radius 3 is 2.28 bits per heavy atom. The number of nitrogens with zero attached hydrogens (tertiary/aromatic N) is 1. The maximum Gasteiger partial charge on any atom is 0.254 e. The summed E-state index contributed by atoms with van der Waals surface area (Å²) in [6, 6.07) is 15.7. The Morgan fingerprint density at radius 2 is 1.66 bits per heavy atom. The first-order valence-electron chi connectivity index (χ1n) is 9.58. The van der Waals surface area contributed by atoms with E-state index in [4.69, 9.17) is 4.74 Å². The van der Waals surface area contributed by atoms with Gasteiger partial charge in [0.2, 0.25) is 11.8 Å². The molecule has 154 valence electrons. The van der Waals surface area contributed by atoms with Crippen LogP contribution < -0.4 is 15.4 Å². The predicted molar refractivity (Wildman–Crippen MR) is 112 cm³/mol. The Labute approximate surface area is 171 Å². The third-order valence-electron chi connectivity index (χ3n) is 4.24. The first-order chi connectivity index (χ1) is 14.0. The smallest absolute Gasteiger partial charge is 0.254 e. The van der Waals surface area contributed by atoms with Crippen LogP contribution in [0.3, 0.4) is 0 Å². The van der Waals surface area contributed by atoms with Crippen LogP contribution in [0.25, 0.3) is 0 Å². The van der Waals surface area contributed by atoms with Crippen molar-refractivity contribution in [2.24, 2.45) is 0 Å².